The maximum absolute atomic E-state index is 4.15. The molecule has 0 radical (unpaired) electrons. The van der Waals surface area contributed by atoms with E-state index in [9.17, 15) is 0 Å². The summed E-state index contributed by atoms with van der Waals surface area (Å²) < 4.78 is 1.76. The van der Waals surface area contributed by atoms with Crippen molar-refractivity contribution in [3.8, 4) is 0 Å². The van der Waals surface area contributed by atoms with Crippen molar-refractivity contribution >= 4 is 0 Å². The first-order chi connectivity index (χ1) is 7.65. The van der Waals surface area contributed by atoms with Crippen LogP contribution in [0.1, 0.15) is 26.0 Å². The second kappa shape index (κ2) is 4.93. The van der Waals surface area contributed by atoms with Crippen molar-refractivity contribution < 1.29 is 0 Å². The van der Waals surface area contributed by atoms with E-state index in [2.05, 4.69) is 34.4 Å². The summed E-state index contributed by atoms with van der Waals surface area (Å²) >= 11 is 0. The Hall–Kier alpha value is -0.940. The summed E-state index contributed by atoms with van der Waals surface area (Å²) in [5.41, 5.74) is 1.06. The molecule has 16 heavy (non-hydrogen) atoms. The molecule has 1 saturated heterocycles. The van der Waals surface area contributed by atoms with Crippen molar-refractivity contribution in [3.63, 3.8) is 0 Å². The molecule has 0 aliphatic carbocycles. The number of aromatic nitrogens is 3. The third-order valence-electron chi connectivity index (χ3n) is 3.20. The van der Waals surface area contributed by atoms with Crippen LogP contribution in [0.2, 0.25) is 0 Å². The lowest BCUT2D eigenvalue weighted by Gasteiger charge is -2.26. The maximum Gasteiger partial charge on any atom is 0.0967 e. The van der Waals surface area contributed by atoms with Gasteiger partial charge in [-0.1, -0.05) is 5.21 Å². The van der Waals surface area contributed by atoms with Crippen LogP contribution in [-0.2, 0) is 13.6 Å². The van der Waals surface area contributed by atoms with E-state index in [1.54, 1.807) is 4.68 Å². The van der Waals surface area contributed by atoms with Crippen LogP contribution in [0.15, 0.2) is 6.20 Å². The Balaban J connectivity index is 2.00. The van der Waals surface area contributed by atoms with Crippen LogP contribution >= 0.6 is 0 Å². The molecule has 0 saturated carbocycles. The maximum atomic E-state index is 4.15. The molecule has 1 N–H and O–H groups in total. The lowest BCUT2D eigenvalue weighted by atomic mass is 10.2. The molecular formula is C11H21N5. The number of nitrogens with zero attached hydrogens (tertiary/aromatic N) is 4. The minimum Gasteiger partial charge on any atom is -0.313 e. The third-order valence-corrected chi connectivity index (χ3v) is 3.20. The summed E-state index contributed by atoms with van der Waals surface area (Å²) in [7, 11) is 1.91. The molecule has 1 fully saturated rings. The molecule has 2 heterocycles. The summed E-state index contributed by atoms with van der Waals surface area (Å²) in [6, 6.07) is 1.17. The Bertz CT molecular complexity index is 335. The fraction of sp³-hybridized carbons (Fsp3) is 0.818. The van der Waals surface area contributed by atoms with Gasteiger partial charge >= 0.3 is 0 Å². The highest BCUT2D eigenvalue weighted by Crippen LogP contribution is 2.12. The van der Waals surface area contributed by atoms with E-state index in [4.69, 9.17) is 0 Å². The van der Waals surface area contributed by atoms with Gasteiger partial charge in [-0.2, -0.15) is 0 Å². The highest BCUT2D eigenvalue weighted by molar-refractivity contribution is 4.93. The molecule has 2 unspecified atom stereocenters. The monoisotopic (exact) mass is 223 g/mol. The molecule has 0 bridgehead atoms. The van der Waals surface area contributed by atoms with Gasteiger partial charge in [0.15, 0.2) is 0 Å². The number of hydrogen-bond acceptors (Lipinski definition) is 4. The van der Waals surface area contributed by atoms with Crippen LogP contribution in [0, 0.1) is 0 Å². The van der Waals surface area contributed by atoms with E-state index >= 15 is 0 Å². The van der Waals surface area contributed by atoms with E-state index < -0.39 is 0 Å². The van der Waals surface area contributed by atoms with Crippen LogP contribution in [0.3, 0.4) is 0 Å². The highest BCUT2D eigenvalue weighted by atomic mass is 15.4. The number of hydrogen-bond donors (Lipinski definition) is 1. The zero-order valence-electron chi connectivity index (χ0n) is 10.3. The van der Waals surface area contributed by atoms with E-state index in [1.165, 1.54) is 6.42 Å². The summed E-state index contributed by atoms with van der Waals surface area (Å²) in [5, 5.41) is 11.6. The summed E-state index contributed by atoms with van der Waals surface area (Å²) in [5.74, 6) is 0. The van der Waals surface area contributed by atoms with Crippen molar-refractivity contribution in [2.24, 2.45) is 7.05 Å². The molecule has 2 rings (SSSR count). The van der Waals surface area contributed by atoms with E-state index in [1.807, 2.05) is 13.2 Å². The fourth-order valence-electron chi connectivity index (χ4n) is 2.21. The average molecular weight is 223 g/mol. The quantitative estimate of drug-likeness (QED) is 0.788. The third kappa shape index (κ3) is 2.80. The summed E-state index contributed by atoms with van der Waals surface area (Å²) in [4.78, 5) is 2.48. The van der Waals surface area contributed by atoms with Crippen LogP contribution in [0.5, 0.6) is 0 Å². The predicted octanol–water partition coefficient (Wildman–Crippen LogP) is 0.387. The van der Waals surface area contributed by atoms with Gasteiger partial charge in [-0.25, -0.2) is 0 Å². The molecular weight excluding hydrogens is 202 g/mol. The molecule has 1 aliphatic rings. The summed E-state index contributed by atoms with van der Waals surface area (Å²) in [6.45, 7) is 7.62. The second-order valence-corrected chi connectivity index (χ2v) is 4.81. The fourth-order valence-corrected chi connectivity index (χ4v) is 2.21. The van der Waals surface area contributed by atoms with E-state index in [0.717, 1.165) is 25.3 Å². The molecule has 1 aromatic rings. The molecule has 0 spiro atoms. The van der Waals surface area contributed by atoms with E-state index in [0.29, 0.717) is 12.1 Å². The lowest BCUT2D eigenvalue weighted by Crippen LogP contribution is -2.38. The van der Waals surface area contributed by atoms with Gasteiger partial charge in [-0.15, -0.1) is 5.10 Å². The van der Waals surface area contributed by atoms with Crippen molar-refractivity contribution in [1.29, 1.82) is 0 Å². The van der Waals surface area contributed by atoms with E-state index in [-0.39, 0.29) is 0 Å². The Morgan fingerprint density at radius 1 is 1.50 bits per heavy atom. The molecule has 5 nitrogen and oxygen atoms in total. The molecule has 90 valence electrons. The number of nitrogens with one attached hydrogen (secondary N) is 1. The second-order valence-electron chi connectivity index (χ2n) is 4.81. The largest absolute Gasteiger partial charge is 0.313 e. The molecule has 0 aromatic carbocycles. The van der Waals surface area contributed by atoms with Gasteiger partial charge in [0.1, 0.15) is 0 Å². The van der Waals surface area contributed by atoms with Crippen molar-refractivity contribution in [3.05, 3.63) is 11.9 Å². The molecule has 1 aromatic heterocycles. The van der Waals surface area contributed by atoms with Gasteiger partial charge in [-0.3, -0.25) is 9.58 Å². The number of aryl methyl sites for hydroxylation is 1. The lowest BCUT2D eigenvalue weighted by molar-refractivity contribution is 0.196. The van der Waals surface area contributed by atoms with Crippen LogP contribution < -0.4 is 5.32 Å². The predicted molar refractivity (Wildman–Crippen MR) is 63.0 cm³/mol. The standard InChI is InChI=1S/C11H21N5/c1-9-6-16(10(2)4-5-12-9)8-11-7-15(3)14-13-11/h7,9-10,12H,4-6,8H2,1-3H3. The minimum absolute atomic E-state index is 0.557. The Morgan fingerprint density at radius 3 is 3.00 bits per heavy atom. The van der Waals surface area contributed by atoms with Gasteiger partial charge in [0.25, 0.3) is 0 Å². The van der Waals surface area contributed by atoms with Gasteiger partial charge in [0.05, 0.1) is 5.69 Å². The van der Waals surface area contributed by atoms with Crippen LogP contribution in [0.25, 0.3) is 0 Å². The Labute approximate surface area is 96.8 Å². The molecule has 2 atom stereocenters. The zero-order chi connectivity index (χ0) is 11.5. The Kier molecular flexibility index (Phi) is 3.56. The topological polar surface area (TPSA) is 46.0 Å². The highest BCUT2D eigenvalue weighted by Gasteiger charge is 2.21. The molecule has 0 amide bonds. The number of rotatable bonds is 2. The minimum atomic E-state index is 0.557. The first kappa shape index (κ1) is 11.5. The first-order valence-electron chi connectivity index (χ1n) is 5.98. The van der Waals surface area contributed by atoms with Crippen LogP contribution in [-0.4, -0.2) is 45.1 Å². The van der Waals surface area contributed by atoms with Crippen molar-refractivity contribution in [2.45, 2.75) is 38.9 Å². The van der Waals surface area contributed by atoms with Gasteiger partial charge < -0.3 is 5.32 Å². The molecule has 1 aliphatic heterocycles. The normalized spacial score (nSPS) is 27.9. The van der Waals surface area contributed by atoms with Gasteiger partial charge in [0.2, 0.25) is 0 Å². The first-order valence-corrected chi connectivity index (χ1v) is 5.98. The van der Waals surface area contributed by atoms with Gasteiger partial charge in [0, 0.05) is 38.4 Å². The SMILES string of the molecule is CC1CN(Cc2cn(C)nn2)C(C)CCN1. The van der Waals surface area contributed by atoms with Gasteiger partial charge in [-0.05, 0) is 26.8 Å². The summed E-state index contributed by atoms with van der Waals surface area (Å²) in [6.07, 6.45) is 3.19. The average Bonchev–Trinajstić information content (AvgIpc) is 2.55. The Morgan fingerprint density at radius 2 is 2.31 bits per heavy atom. The van der Waals surface area contributed by atoms with Crippen molar-refractivity contribution in [2.75, 3.05) is 13.1 Å². The zero-order valence-corrected chi connectivity index (χ0v) is 10.3. The van der Waals surface area contributed by atoms with Crippen molar-refractivity contribution in [1.82, 2.24) is 25.2 Å². The molecule has 5 heteroatoms. The smallest absolute Gasteiger partial charge is 0.0967 e. The van der Waals surface area contributed by atoms with Crippen LogP contribution in [0.4, 0.5) is 0 Å².